The van der Waals surface area contributed by atoms with E-state index < -0.39 is 9.84 Å². The number of aryl methyl sites for hydroxylation is 1. The van der Waals surface area contributed by atoms with E-state index in [4.69, 9.17) is 0 Å². The zero-order valence-corrected chi connectivity index (χ0v) is 11.3. The smallest absolute Gasteiger partial charge is 0.150 e. The molecule has 0 saturated carbocycles. The Balaban J connectivity index is 1.78. The number of rotatable bonds is 3. The highest BCUT2D eigenvalue weighted by molar-refractivity contribution is 7.91. The van der Waals surface area contributed by atoms with Gasteiger partial charge in [-0.1, -0.05) is 5.21 Å². The van der Waals surface area contributed by atoms with Gasteiger partial charge in [-0.2, -0.15) is 0 Å². The van der Waals surface area contributed by atoms with E-state index in [1.165, 1.54) is 0 Å². The second-order valence-corrected chi connectivity index (χ2v) is 7.85. The third-order valence-corrected chi connectivity index (χ3v) is 6.00. The van der Waals surface area contributed by atoms with Crippen molar-refractivity contribution in [3.8, 4) is 0 Å². The second kappa shape index (κ2) is 4.03. The lowest BCUT2D eigenvalue weighted by Crippen LogP contribution is -2.59. The molecule has 2 saturated heterocycles. The minimum absolute atomic E-state index is 0.0691. The number of sulfone groups is 1. The van der Waals surface area contributed by atoms with Crippen LogP contribution in [0.15, 0.2) is 6.20 Å². The molecule has 2 fully saturated rings. The number of nitrogens with one attached hydrogen (secondary N) is 1. The zero-order chi connectivity index (χ0) is 12.8. The van der Waals surface area contributed by atoms with Crippen molar-refractivity contribution in [3.05, 3.63) is 11.9 Å². The van der Waals surface area contributed by atoms with Crippen LogP contribution >= 0.6 is 0 Å². The minimum Gasteiger partial charge on any atom is -0.315 e. The van der Waals surface area contributed by atoms with E-state index in [9.17, 15) is 8.42 Å². The van der Waals surface area contributed by atoms with Crippen molar-refractivity contribution in [2.45, 2.75) is 12.8 Å². The van der Waals surface area contributed by atoms with Crippen LogP contribution in [0, 0.1) is 11.3 Å². The molecule has 2 aliphatic heterocycles. The highest BCUT2D eigenvalue weighted by atomic mass is 32.2. The second-order valence-electron chi connectivity index (χ2n) is 5.63. The van der Waals surface area contributed by atoms with Gasteiger partial charge in [0.05, 0.1) is 17.2 Å². The summed E-state index contributed by atoms with van der Waals surface area (Å²) < 4.78 is 25.0. The van der Waals surface area contributed by atoms with Crippen molar-refractivity contribution in [2.75, 3.05) is 24.6 Å². The minimum atomic E-state index is -2.81. The first-order chi connectivity index (χ1) is 8.49. The Bertz CT molecular complexity index is 547. The van der Waals surface area contributed by atoms with Crippen LogP contribution in [-0.4, -0.2) is 48.0 Å². The van der Waals surface area contributed by atoms with Crippen LogP contribution in [-0.2, 0) is 23.3 Å². The van der Waals surface area contributed by atoms with Gasteiger partial charge >= 0.3 is 0 Å². The molecule has 0 bridgehead atoms. The number of hydrogen-bond donors (Lipinski definition) is 1. The van der Waals surface area contributed by atoms with Crippen molar-refractivity contribution in [1.29, 1.82) is 0 Å². The summed E-state index contributed by atoms with van der Waals surface area (Å²) in [6.45, 7) is 1.79. The largest absolute Gasteiger partial charge is 0.315 e. The molecule has 2 aliphatic rings. The predicted octanol–water partition coefficient (Wildman–Crippen LogP) is -0.618. The van der Waals surface area contributed by atoms with Crippen LogP contribution in [0.5, 0.6) is 0 Å². The van der Waals surface area contributed by atoms with Gasteiger partial charge in [-0.3, -0.25) is 4.68 Å². The average molecular weight is 270 g/mol. The fourth-order valence-electron chi connectivity index (χ4n) is 3.12. The third kappa shape index (κ3) is 2.05. The van der Waals surface area contributed by atoms with Gasteiger partial charge in [-0.05, 0) is 12.3 Å². The molecular weight excluding hydrogens is 252 g/mol. The number of hydrogen-bond acceptors (Lipinski definition) is 5. The summed E-state index contributed by atoms with van der Waals surface area (Å²) in [6.07, 6.45) is 3.54. The molecule has 1 atom stereocenters. The Hall–Kier alpha value is -0.950. The molecule has 0 aliphatic carbocycles. The Morgan fingerprint density at radius 3 is 2.78 bits per heavy atom. The molecule has 7 heteroatoms. The molecule has 1 N–H and O–H groups in total. The molecule has 0 aromatic carbocycles. The quantitative estimate of drug-likeness (QED) is 0.792. The first kappa shape index (κ1) is 12.1. The fraction of sp³-hybridized carbons (Fsp3) is 0.818. The zero-order valence-electron chi connectivity index (χ0n) is 10.5. The molecule has 0 spiro atoms. The van der Waals surface area contributed by atoms with Crippen molar-refractivity contribution in [2.24, 2.45) is 18.4 Å². The van der Waals surface area contributed by atoms with E-state index >= 15 is 0 Å². The Morgan fingerprint density at radius 2 is 2.33 bits per heavy atom. The van der Waals surface area contributed by atoms with Gasteiger partial charge in [-0.15, -0.1) is 5.10 Å². The third-order valence-electron chi connectivity index (χ3n) is 4.24. The van der Waals surface area contributed by atoms with Crippen LogP contribution in [0.2, 0.25) is 0 Å². The first-order valence-corrected chi connectivity index (χ1v) is 8.08. The van der Waals surface area contributed by atoms with E-state index in [0.717, 1.165) is 31.6 Å². The number of aromatic nitrogens is 3. The summed E-state index contributed by atoms with van der Waals surface area (Å²) in [7, 11) is -0.961. The molecule has 100 valence electrons. The molecule has 0 amide bonds. The number of nitrogens with zero attached hydrogens (tertiary/aromatic N) is 3. The molecule has 6 nitrogen and oxygen atoms in total. The maximum Gasteiger partial charge on any atom is 0.150 e. The maximum atomic E-state index is 11.6. The van der Waals surface area contributed by atoms with Crippen LogP contribution in [0.1, 0.15) is 12.1 Å². The van der Waals surface area contributed by atoms with Crippen molar-refractivity contribution in [3.63, 3.8) is 0 Å². The monoisotopic (exact) mass is 270 g/mol. The average Bonchev–Trinajstić information content (AvgIpc) is 2.79. The molecule has 1 aromatic rings. The van der Waals surface area contributed by atoms with Crippen molar-refractivity contribution in [1.82, 2.24) is 20.3 Å². The van der Waals surface area contributed by atoms with Crippen LogP contribution in [0.25, 0.3) is 0 Å². The van der Waals surface area contributed by atoms with Crippen LogP contribution in [0.4, 0.5) is 0 Å². The normalized spacial score (nSPS) is 29.1. The highest BCUT2D eigenvalue weighted by Crippen LogP contribution is 2.41. The van der Waals surface area contributed by atoms with Gasteiger partial charge < -0.3 is 5.32 Å². The van der Waals surface area contributed by atoms with Crippen molar-refractivity contribution < 1.29 is 8.42 Å². The van der Waals surface area contributed by atoms with Gasteiger partial charge in [0.2, 0.25) is 0 Å². The Morgan fingerprint density at radius 1 is 1.56 bits per heavy atom. The van der Waals surface area contributed by atoms with Gasteiger partial charge in [0.15, 0.2) is 9.84 Å². The van der Waals surface area contributed by atoms with Gasteiger partial charge in [-0.25, -0.2) is 8.42 Å². The van der Waals surface area contributed by atoms with E-state index in [2.05, 4.69) is 15.6 Å². The first-order valence-electron chi connectivity index (χ1n) is 6.25. The van der Waals surface area contributed by atoms with E-state index in [1.54, 1.807) is 4.68 Å². The van der Waals surface area contributed by atoms with Crippen LogP contribution < -0.4 is 5.32 Å². The summed E-state index contributed by atoms with van der Waals surface area (Å²) in [5.74, 6) is 0.959. The molecule has 1 aromatic heterocycles. The SMILES string of the molecule is Cn1cc(CC2(C3CCS(=O)(=O)C3)CNC2)nn1. The summed E-state index contributed by atoms with van der Waals surface area (Å²) in [5.41, 5.74) is 1.03. The Labute approximate surface area is 107 Å². The summed E-state index contributed by atoms with van der Waals surface area (Å²) in [4.78, 5) is 0. The summed E-state index contributed by atoms with van der Waals surface area (Å²) >= 11 is 0. The lowest BCUT2D eigenvalue weighted by atomic mass is 9.67. The highest BCUT2D eigenvalue weighted by Gasteiger charge is 2.48. The lowest BCUT2D eigenvalue weighted by molar-refractivity contribution is 0.0911. The molecule has 3 rings (SSSR count). The van der Waals surface area contributed by atoms with Gasteiger partial charge in [0.25, 0.3) is 0 Å². The molecule has 3 heterocycles. The van der Waals surface area contributed by atoms with Gasteiger partial charge in [0.1, 0.15) is 0 Å². The van der Waals surface area contributed by atoms with E-state index in [0.29, 0.717) is 11.5 Å². The van der Waals surface area contributed by atoms with Crippen LogP contribution in [0.3, 0.4) is 0 Å². The summed E-state index contributed by atoms with van der Waals surface area (Å²) in [5, 5.41) is 11.4. The van der Waals surface area contributed by atoms with Gasteiger partial charge in [0, 0.05) is 38.2 Å². The maximum absolute atomic E-state index is 11.6. The van der Waals surface area contributed by atoms with E-state index in [-0.39, 0.29) is 11.3 Å². The topological polar surface area (TPSA) is 76.9 Å². The lowest BCUT2D eigenvalue weighted by Gasteiger charge is -2.46. The standard InChI is InChI=1S/C11H18N4O2S/c1-15-5-10(13-14-15)4-11(7-12-8-11)9-2-3-18(16,17)6-9/h5,9,12H,2-4,6-8H2,1H3. The molecule has 18 heavy (non-hydrogen) atoms. The Kier molecular flexibility index (Phi) is 2.71. The fourth-order valence-corrected chi connectivity index (χ4v) is 5.06. The molecular formula is C11H18N4O2S. The van der Waals surface area contributed by atoms with E-state index in [1.807, 2.05) is 13.2 Å². The molecule has 0 radical (unpaired) electrons. The van der Waals surface area contributed by atoms with Crippen molar-refractivity contribution >= 4 is 9.84 Å². The molecule has 1 unspecified atom stereocenters. The summed E-state index contributed by atoms with van der Waals surface area (Å²) in [6, 6.07) is 0. The predicted molar refractivity (Wildman–Crippen MR) is 66.8 cm³/mol.